The Bertz CT molecular complexity index is 1070. The van der Waals surface area contributed by atoms with E-state index in [-0.39, 0.29) is 0 Å². The third kappa shape index (κ3) is 2.38. The maximum Gasteiger partial charge on any atom is 0.163 e. The maximum absolute atomic E-state index is 4.56. The van der Waals surface area contributed by atoms with Crippen molar-refractivity contribution >= 4 is 44.2 Å². The summed E-state index contributed by atoms with van der Waals surface area (Å²) < 4.78 is 1.79. The molecule has 9 heteroatoms. The Morgan fingerprint density at radius 3 is 2.27 bits per heavy atom. The van der Waals surface area contributed by atoms with E-state index < -0.39 is 0 Å². The predicted octanol–water partition coefficient (Wildman–Crippen LogP) is 2.00. The molecule has 5 heterocycles. The van der Waals surface area contributed by atoms with Gasteiger partial charge in [0.05, 0.1) is 17.0 Å². The van der Waals surface area contributed by atoms with Crippen LogP contribution in [0.5, 0.6) is 0 Å². The molecule has 1 aliphatic heterocycles. The molecule has 1 fully saturated rings. The number of fused-ring (bicyclic) bond motifs is 2. The molecule has 0 amide bonds. The van der Waals surface area contributed by atoms with Gasteiger partial charge in [0.1, 0.15) is 29.1 Å². The van der Waals surface area contributed by atoms with Crippen molar-refractivity contribution in [3.63, 3.8) is 0 Å². The van der Waals surface area contributed by atoms with Crippen LogP contribution >= 0.6 is 11.3 Å². The lowest BCUT2D eigenvalue weighted by Crippen LogP contribution is -2.47. The summed E-state index contributed by atoms with van der Waals surface area (Å²) in [6, 6.07) is 2.19. The minimum atomic E-state index is 0.865. The fraction of sp³-hybridized carbons (Fsp3) is 0.353. The summed E-state index contributed by atoms with van der Waals surface area (Å²) in [6.45, 7) is 5.67. The SMILES string of the molecule is Cc1cc2c(N3CCN(c4ncnc5c4cnn5C)CC3)ncnc2s1. The molecular formula is C17H18N8S. The molecule has 0 radical (unpaired) electrons. The van der Waals surface area contributed by atoms with Gasteiger partial charge >= 0.3 is 0 Å². The molecule has 1 saturated heterocycles. The van der Waals surface area contributed by atoms with Crippen LogP contribution in [-0.2, 0) is 7.05 Å². The molecule has 26 heavy (non-hydrogen) atoms. The van der Waals surface area contributed by atoms with Gasteiger partial charge in [-0.2, -0.15) is 5.10 Å². The highest BCUT2D eigenvalue weighted by atomic mass is 32.1. The second kappa shape index (κ2) is 5.87. The largest absolute Gasteiger partial charge is 0.352 e. The number of hydrogen-bond acceptors (Lipinski definition) is 8. The van der Waals surface area contributed by atoms with Gasteiger partial charge in [-0.3, -0.25) is 4.68 Å². The van der Waals surface area contributed by atoms with Crippen molar-refractivity contribution in [3.8, 4) is 0 Å². The molecule has 0 bridgehead atoms. The van der Waals surface area contributed by atoms with Gasteiger partial charge in [-0.25, -0.2) is 19.9 Å². The van der Waals surface area contributed by atoms with Gasteiger partial charge in [-0.1, -0.05) is 0 Å². The zero-order valence-corrected chi connectivity index (χ0v) is 15.4. The van der Waals surface area contributed by atoms with Crippen LogP contribution in [0.2, 0.25) is 0 Å². The molecule has 132 valence electrons. The number of rotatable bonds is 2. The number of aryl methyl sites for hydroxylation is 2. The van der Waals surface area contributed by atoms with E-state index in [2.05, 4.69) is 47.8 Å². The highest BCUT2D eigenvalue weighted by Gasteiger charge is 2.23. The fourth-order valence-corrected chi connectivity index (χ4v) is 4.39. The minimum absolute atomic E-state index is 0.865. The average Bonchev–Trinajstić information content (AvgIpc) is 3.23. The van der Waals surface area contributed by atoms with E-state index in [4.69, 9.17) is 0 Å². The Hall–Kier alpha value is -2.81. The first-order valence-electron chi connectivity index (χ1n) is 8.54. The molecule has 5 rings (SSSR count). The van der Waals surface area contributed by atoms with Gasteiger partial charge in [0.15, 0.2) is 5.65 Å². The monoisotopic (exact) mass is 366 g/mol. The number of nitrogens with zero attached hydrogens (tertiary/aromatic N) is 8. The van der Waals surface area contributed by atoms with Crippen LogP contribution in [-0.4, -0.2) is 55.9 Å². The molecule has 0 spiro atoms. The maximum atomic E-state index is 4.56. The highest BCUT2D eigenvalue weighted by Crippen LogP contribution is 2.31. The molecule has 1 aliphatic rings. The summed E-state index contributed by atoms with van der Waals surface area (Å²) in [4.78, 5) is 24.8. The van der Waals surface area contributed by atoms with E-state index in [1.165, 1.54) is 4.88 Å². The van der Waals surface area contributed by atoms with E-state index in [1.54, 1.807) is 28.7 Å². The topological polar surface area (TPSA) is 75.9 Å². The van der Waals surface area contributed by atoms with Crippen molar-refractivity contribution in [1.82, 2.24) is 29.7 Å². The molecule has 0 aliphatic carbocycles. The fourth-order valence-electron chi connectivity index (χ4n) is 3.55. The zero-order valence-electron chi connectivity index (χ0n) is 14.6. The Labute approximate surface area is 154 Å². The van der Waals surface area contributed by atoms with E-state index in [0.29, 0.717) is 0 Å². The van der Waals surface area contributed by atoms with Crippen molar-refractivity contribution in [2.24, 2.45) is 7.05 Å². The Morgan fingerprint density at radius 2 is 1.54 bits per heavy atom. The first-order chi connectivity index (χ1) is 12.7. The summed E-state index contributed by atoms with van der Waals surface area (Å²) in [5.41, 5.74) is 0.865. The van der Waals surface area contributed by atoms with Gasteiger partial charge in [0.25, 0.3) is 0 Å². The van der Waals surface area contributed by atoms with E-state index >= 15 is 0 Å². The van der Waals surface area contributed by atoms with Gasteiger partial charge in [-0.15, -0.1) is 11.3 Å². The summed E-state index contributed by atoms with van der Waals surface area (Å²) >= 11 is 1.72. The van der Waals surface area contributed by atoms with Crippen LogP contribution in [0, 0.1) is 6.92 Å². The predicted molar refractivity (Wildman–Crippen MR) is 103 cm³/mol. The zero-order chi connectivity index (χ0) is 17.7. The van der Waals surface area contributed by atoms with Crippen LogP contribution in [0.3, 0.4) is 0 Å². The van der Waals surface area contributed by atoms with E-state index in [1.807, 2.05) is 13.2 Å². The van der Waals surface area contributed by atoms with E-state index in [9.17, 15) is 0 Å². The minimum Gasteiger partial charge on any atom is -0.352 e. The molecule has 4 aromatic heterocycles. The van der Waals surface area contributed by atoms with Crippen molar-refractivity contribution in [2.75, 3.05) is 36.0 Å². The molecule has 0 saturated carbocycles. The summed E-state index contributed by atoms with van der Waals surface area (Å²) in [7, 11) is 1.90. The lowest BCUT2D eigenvalue weighted by Gasteiger charge is -2.36. The second-order valence-electron chi connectivity index (χ2n) is 6.45. The molecule has 0 unspecified atom stereocenters. The number of aromatic nitrogens is 6. The Morgan fingerprint density at radius 1 is 0.885 bits per heavy atom. The van der Waals surface area contributed by atoms with Crippen LogP contribution in [0.25, 0.3) is 21.3 Å². The lowest BCUT2D eigenvalue weighted by atomic mass is 10.2. The van der Waals surface area contributed by atoms with Crippen LogP contribution in [0.4, 0.5) is 11.6 Å². The highest BCUT2D eigenvalue weighted by molar-refractivity contribution is 7.18. The Kier molecular flexibility index (Phi) is 3.49. The van der Waals surface area contributed by atoms with Gasteiger partial charge in [-0.05, 0) is 13.0 Å². The molecule has 0 atom stereocenters. The number of hydrogen-bond donors (Lipinski definition) is 0. The molecule has 4 aromatic rings. The molecule has 0 N–H and O–H groups in total. The normalized spacial score (nSPS) is 15.3. The lowest BCUT2D eigenvalue weighted by molar-refractivity contribution is 0.644. The standard InChI is InChI=1S/C17H18N8S/c1-11-7-12-15(20-10-21-17(12)26-11)24-3-5-25(6-4-24)16-13-8-22-23(2)14(13)18-9-19-16/h7-10H,3-6H2,1-2H3. The van der Waals surface area contributed by atoms with Crippen LogP contribution < -0.4 is 9.80 Å². The first-order valence-corrected chi connectivity index (χ1v) is 9.36. The summed E-state index contributed by atoms with van der Waals surface area (Å²) in [6.07, 6.45) is 5.14. The smallest absolute Gasteiger partial charge is 0.163 e. The van der Waals surface area contributed by atoms with Crippen LogP contribution in [0.1, 0.15) is 4.88 Å². The van der Waals surface area contributed by atoms with E-state index in [0.717, 1.165) is 59.1 Å². The van der Waals surface area contributed by atoms with Crippen LogP contribution in [0.15, 0.2) is 24.9 Å². The van der Waals surface area contributed by atoms with Crippen molar-refractivity contribution in [1.29, 1.82) is 0 Å². The quantitative estimate of drug-likeness (QED) is 0.537. The Balaban J connectivity index is 1.42. The average molecular weight is 366 g/mol. The number of anilines is 2. The molecular weight excluding hydrogens is 348 g/mol. The van der Waals surface area contributed by atoms with Crippen molar-refractivity contribution in [3.05, 3.63) is 29.8 Å². The number of piperazine rings is 1. The third-order valence-corrected chi connectivity index (χ3v) is 5.78. The van der Waals surface area contributed by atoms with Crippen molar-refractivity contribution in [2.45, 2.75) is 6.92 Å². The summed E-state index contributed by atoms with van der Waals surface area (Å²) in [5.74, 6) is 2.00. The second-order valence-corrected chi connectivity index (χ2v) is 7.68. The van der Waals surface area contributed by atoms with Gasteiger partial charge in [0, 0.05) is 38.1 Å². The molecule has 8 nitrogen and oxygen atoms in total. The van der Waals surface area contributed by atoms with Gasteiger partial charge in [0.2, 0.25) is 0 Å². The summed E-state index contributed by atoms with van der Waals surface area (Å²) in [5, 5.41) is 6.47. The molecule has 0 aromatic carbocycles. The van der Waals surface area contributed by atoms with Crippen molar-refractivity contribution < 1.29 is 0 Å². The first kappa shape index (κ1) is 15.4. The number of thiophene rings is 1. The van der Waals surface area contributed by atoms with Gasteiger partial charge < -0.3 is 9.80 Å². The third-order valence-electron chi connectivity index (χ3n) is 4.82.